The minimum atomic E-state index is -0.383. The second-order valence-electron chi connectivity index (χ2n) is 3.91. The fourth-order valence-corrected chi connectivity index (χ4v) is 2.25. The molecule has 0 saturated heterocycles. The molecule has 0 aromatic heterocycles. The van der Waals surface area contributed by atoms with Crippen molar-refractivity contribution >= 4 is 21.7 Å². The van der Waals surface area contributed by atoms with Gasteiger partial charge in [-0.3, -0.25) is 4.79 Å². The van der Waals surface area contributed by atoms with Crippen LogP contribution in [0.2, 0.25) is 0 Å². The van der Waals surface area contributed by atoms with E-state index < -0.39 is 0 Å². The van der Waals surface area contributed by atoms with Gasteiger partial charge >= 0.3 is 0 Å². The molecule has 0 fully saturated rings. The molecular weight excluding hydrogens is 311 g/mol. The largest absolute Gasteiger partial charge is 0.494 e. The molecule has 2 rings (SSSR count). The molecule has 0 amide bonds. The Balaban J connectivity index is 2.35. The zero-order valence-corrected chi connectivity index (χ0v) is 11.9. The quantitative estimate of drug-likeness (QED) is 0.788. The van der Waals surface area contributed by atoms with E-state index in [9.17, 15) is 9.18 Å². The lowest BCUT2D eigenvalue weighted by molar-refractivity contribution is 0.103. The van der Waals surface area contributed by atoms with Gasteiger partial charge in [0.15, 0.2) is 5.78 Å². The molecule has 0 N–H and O–H groups in total. The number of rotatable bonds is 4. The summed E-state index contributed by atoms with van der Waals surface area (Å²) >= 11 is 3.20. The number of halogens is 2. The van der Waals surface area contributed by atoms with Gasteiger partial charge in [-0.2, -0.15) is 0 Å². The number of ketones is 1. The van der Waals surface area contributed by atoms with Crippen LogP contribution in [-0.4, -0.2) is 12.4 Å². The first-order chi connectivity index (χ1) is 9.11. The lowest BCUT2D eigenvalue weighted by atomic mass is 10.0. The molecule has 0 spiro atoms. The summed E-state index contributed by atoms with van der Waals surface area (Å²) < 4.78 is 18.8. The highest BCUT2D eigenvalue weighted by Crippen LogP contribution is 2.23. The van der Waals surface area contributed by atoms with Crippen molar-refractivity contribution in [1.29, 1.82) is 0 Å². The van der Waals surface area contributed by atoms with Gasteiger partial charge in [0.2, 0.25) is 0 Å². The van der Waals surface area contributed by atoms with Crippen LogP contribution in [0.15, 0.2) is 46.9 Å². The molecule has 0 radical (unpaired) electrons. The number of carbonyl (C=O) groups excluding carboxylic acids is 1. The zero-order valence-electron chi connectivity index (χ0n) is 10.3. The molecule has 0 bridgehead atoms. The van der Waals surface area contributed by atoms with E-state index in [1.807, 2.05) is 6.92 Å². The number of hydrogen-bond acceptors (Lipinski definition) is 2. The Morgan fingerprint density at radius 1 is 1.26 bits per heavy atom. The smallest absolute Gasteiger partial charge is 0.194 e. The lowest BCUT2D eigenvalue weighted by Crippen LogP contribution is -2.03. The Morgan fingerprint density at radius 2 is 2.05 bits per heavy atom. The topological polar surface area (TPSA) is 26.3 Å². The zero-order chi connectivity index (χ0) is 13.8. The highest BCUT2D eigenvalue weighted by Gasteiger charge is 2.13. The van der Waals surface area contributed by atoms with Crippen molar-refractivity contribution in [1.82, 2.24) is 0 Å². The first kappa shape index (κ1) is 13.7. The van der Waals surface area contributed by atoms with Crippen LogP contribution in [0.3, 0.4) is 0 Å². The van der Waals surface area contributed by atoms with E-state index in [1.165, 1.54) is 18.2 Å². The van der Waals surface area contributed by atoms with Crippen LogP contribution in [0, 0.1) is 5.82 Å². The molecule has 0 atom stereocenters. The highest BCUT2D eigenvalue weighted by molar-refractivity contribution is 9.10. The van der Waals surface area contributed by atoms with Crippen molar-refractivity contribution in [2.75, 3.05) is 6.61 Å². The Hall–Kier alpha value is -1.68. The minimum absolute atomic E-state index is 0.173. The third kappa shape index (κ3) is 3.20. The average Bonchev–Trinajstić information content (AvgIpc) is 2.39. The summed E-state index contributed by atoms with van der Waals surface area (Å²) in [5.41, 5.74) is 0.938. The number of ether oxygens (including phenoxy) is 1. The van der Waals surface area contributed by atoms with E-state index >= 15 is 0 Å². The Bertz CT molecular complexity index is 611. The SMILES string of the molecule is CCOc1cccc(C(=O)c2ccc(F)cc2Br)c1. The lowest BCUT2D eigenvalue weighted by Gasteiger charge is -2.07. The molecular formula is C15H12BrFO2. The van der Waals surface area contributed by atoms with Gasteiger partial charge in [-0.15, -0.1) is 0 Å². The first-order valence-electron chi connectivity index (χ1n) is 5.84. The fourth-order valence-electron chi connectivity index (χ4n) is 1.72. The van der Waals surface area contributed by atoms with E-state index in [2.05, 4.69) is 15.9 Å². The van der Waals surface area contributed by atoms with Crippen LogP contribution in [0.25, 0.3) is 0 Å². The first-order valence-corrected chi connectivity index (χ1v) is 6.63. The predicted octanol–water partition coefficient (Wildman–Crippen LogP) is 4.22. The second-order valence-corrected chi connectivity index (χ2v) is 4.77. The van der Waals surface area contributed by atoms with Gasteiger partial charge in [-0.05, 0) is 53.2 Å². The average molecular weight is 323 g/mol. The highest BCUT2D eigenvalue weighted by atomic mass is 79.9. The molecule has 0 heterocycles. The third-order valence-electron chi connectivity index (χ3n) is 2.58. The van der Waals surface area contributed by atoms with Crippen molar-refractivity contribution in [2.24, 2.45) is 0 Å². The van der Waals surface area contributed by atoms with Crippen LogP contribution in [0.5, 0.6) is 5.75 Å². The van der Waals surface area contributed by atoms with Gasteiger partial charge in [-0.25, -0.2) is 4.39 Å². The minimum Gasteiger partial charge on any atom is -0.494 e. The van der Waals surface area contributed by atoms with Gasteiger partial charge in [0.05, 0.1) is 6.61 Å². The fraction of sp³-hybridized carbons (Fsp3) is 0.133. The second kappa shape index (κ2) is 5.97. The van der Waals surface area contributed by atoms with Crippen molar-refractivity contribution in [3.8, 4) is 5.75 Å². The molecule has 19 heavy (non-hydrogen) atoms. The van der Waals surface area contributed by atoms with Crippen LogP contribution in [0.4, 0.5) is 4.39 Å². The molecule has 98 valence electrons. The van der Waals surface area contributed by atoms with Crippen molar-refractivity contribution < 1.29 is 13.9 Å². The molecule has 2 aromatic rings. The summed E-state index contributed by atoms with van der Waals surface area (Å²) in [5, 5.41) is 0. The van der Waals surface area contributed by atoms with Gasteiger partial charge in [0.1, 0.15) is 11.6 Å². The van der Waals surface area contributed by atoms with E-state index in [-0.39, 0.29) is 11.6 Å². The Morgan fingerprint density at radius 3 is 2.74 bits per heavy atom. The van der Waals surface area contributed by atoms with Gasteiger partial charge in [0, 0.05) is 15.6 Å². The summed E-state index contributed by atoms with van der Waals surface area (Å²) in [6, 6.07) is 11.0. The monoisotopic (exact) mass is 322 g/mol. The molecule has 0 aliphatic rings. The maximum atomic E-state index is 13.0. The third-order valence-corrected chi connectivity index (χ3v) is 3.24. The number of carbonyl (C=O) groups is 1. The molecule has 0 saturated carbocycles. The van der Waals surface area contributed by atoms with Gasteiger partial charge in [0.25, 0.3) is 0 Å². The standard InChI is InChI=1S/C15H12BrFO2/c1-2-19-12-5-3-4-10(8-12)15(18)13-7-6-11(17)9-14(13)16/h3-9H,2H2,1H3. The van der Waals surface area contributed by atoms with Crippen molar-refractivity contribution in [2.45, 2.75) is 6.92 Å². The van der Waals surface area contributed by atoms with Crippen LogP contribution in [-0.2, 0) is 0 Å². The molecule has 2 aromatic carbocycles. The van der Waals surface area contributed by atoms with Crippen LogP contribution in [0.1, 0.15) is 22.8 Å². The van der Waals surface area contributed by atoms with E-state index in [0.29, 0.717) is 28.0 Å². The summed E-state index contributed by atoms with van der Waals surface area (Å²) in [4.78, 5) is 12.3. The Kier molecular flexibility index (Phi) is 4.32. The van der Waals surface area contributed by atoms with Crippen molar-refractivity contribution in [3.63, 3.8) is 0 Å². The summed E-state index contributed by atoms with van der Waals surface area (Å²) in [5.74, 6) is 0.0894. The molecule has 0 unspecified atom stereocenters. The molecule has 0 aliphatic heterocycles. The summed E-state index contributed by atoms with van der Waals surface area (Å²) in [7, 11) is 0. The number of hydrogen-bond donors (Lipinski definition) is 0. The summed E-state index contributed by atoms with van der Waals surface area (Å²) in [6.07, 6.45) is 0. The molecule has 2 nitrogen and oxygen atoms in total. The van der Waals surface area contributed by atoms with E-state index in [4.69, 9.17) is 4.74 Å². The van der Waals surface area contributed by atoms with Crippen molar-refractivity contribution in [3.05, 3.63) is 63.9 Å². The molecule has 4 heteroatoms. The van der Waals surface area contributed by atoms with Gasteiger partial charge in [-0.1, -0.05) is 12.1 Å². The number of benzene rings is 2. The van der Waals surface area contributed by atoms with Gasteiger partial charge < -0.3 is 4.74 Å². The maximum Gasteiger partial charge on any atom is 0.194 e. The van der Waals surface area contributed by atoms with Crippen LogP contribution >= 0.6 is 15.9 Å². The summed E-state index contributed by atoms with van der Waals surface area (Å²) in [6.45, 7) is 2.42. The predicted molar refractivity (Wildman–Crippen MR) is 75.1 cm³/mol. The Labute approximate surface area is 119 Å². The molecule has 0 aliphatic carbocycles. The van der Waals surface area contributed by atoms with Crippen LogP contribution < -0.4 is 4.74 Å². The normalized spacial score (nSPS) is 10.3. The maximum absolute atomic E-state index is 13.0. The van der Waals surface area contributed by atoms with E-state index in [1.54, 1.807) is 24.3 Å². The van der Waals surface area contributed by atoms with E-state index in [0.717, 1.165) is 0 Å².